The summed E-state index contributed by atoms with van der Waals surface area (Å²) in [6.45, 7) is 0. The molecule has 0 aliphatic rings. The second-order valence-electron chi connectivity index (χ2n) is 1.41. The predicted octanol–water partition coefficient (Wildman–Crippen LogP) is -7.34. The largest absolute Gasteiger partial charge is 3.00 e. The van der Waals surface area contributed by atoms with Crippen LogP contribution in [-0.2, 0) is 13.7 Å². The number of rotatable bonds is 0. The Morgan fingerprint density at radius 1 is 0.529 bits per heavy atom. The third kappa shape index (κ3) is 1090. The predicted molar refractivity (Wildman–Crippen MR) is 41.0 cm³/mol. The summed E-state index contributed by atoms with van der Waals surface area (Å²) in [6, 6.07) is 0. The Hall–Kier alpha value is 2.07. The molecule has 96 valence electrons. The minimum Gasteiger partial charge on any atom is -0.790 e. The third-order valence-corrected chi connectivity index (χ3v) is 0. The normalized spacial score (nSPS) is 10.4. The van der Waals surface area contributed by atoms with Gasteiger partial charge in [-0.3, -0.25) is 0 Å². The van der Waals surface area contributed by atoms with Crippen molar-refractivity contribution in [3.8, 4) is 0 Å². The molecule has 0 aromatic heterocycles. The van der Waals surface area contributed by atoms with Crippen molar-refractivity contribution in [3.05, 3.63) is 0 Å². The summed E-state index contributed by atoms with van der Waals surface area (Å²) in [5.41, 5.74) is 0. The fraction of sp³-hybridized carbons (Fsp3) is 0. The quantitative estimate of drug-likeness (QED) is 0.253. The third-order valence-electron chi connectivity index (χ3n) is 0. The van der Waals surface area contributed by atoms with Gasteiger partial charge in [0.2, 0.25) is 0 Å². The molecule has 0 radical (unpaired) electrons. The number of phosphoric acid groups is 3. The first-order valence-corrected chi connectivity index (χ1v) is 6.73. The second kappa shape index (κ2) is 13.1. The summed E-state index contributed by atoms with van der Waals surface area (Å²) >= 11 is 0. The molecule has 0 fully saturated rings. The molecule has 0 saturated heterocycles. The number of hydrogen-bond acceptors (Lipinski definition) is 9. The Morgan fingerprint density at radius 2 is 0.529 bits per heavy atom. The van der Waals surface area contributed by atoms with E-state index in [1.54, 1.807) is 0 Å². The maximum atomic E-state index is 8.66. The zero-order valence-electron chi connectivity index (χ0n) is 7.51. The molecule has 0 unspecified atom stereocenters. The van der Waals surface area contributed by atoms with Crippen LogP contribution < -0.4 is 29.4 Å². The SMILES string of the molecule is O=P([O-])([O-])O.O=P([O-])([O-])O.O=P([O-])([O-])O.[In+3].[In+3]. The van der Waals surface area contributed by atoms with Crippen molar-refractivity contribution in [2.45, 2.75) is 0 Å². The van der Waals surface area contributed by atoms with Gasteiger partial charge in [0.05, 0.1) is 23.5 Å². The summed E-state index contributed by atoms with van der Waals surface area (Å²) in [5.74, 6) is 0. The first kappa shape index (κ1) is 31.5. The van der Waals surface area contributed by atoms with Crippen LogP contribution in [0.5, 0.6) is 0 Å². The van der Waals surface area contributed by atoms with E-state index < -0.39 is 23.5 Å². The van der Waals surface area contributed by atoms with Crippen LogP contribution in [0.3, 0.4) is 0 Å². The zero-order valence-corrected chi connectivity index (χ0v) is 16.8. The van der Waals surface area contributed by atoms with Gasteiger partial charge in [-0.1, -0.05) is 0 Å². The Balaban J connectivity index is -0.0000000400. The van der Waals surface area contributed by atoms with Crippen molar-refractivity contribution in [1.82, 2.24) is 0 Å². The van der Waals surface area contributed by atoms with Gasteiger partial charge in [0.25, 0.3) is 0 Å². The first-order chi connectivity index (χ1) is 6.00. The molecule has 0 aliphatic heterocycles. The molecule has 17 heavy (non-hydrogen) atoms. The van der Waals surface area contributed by atoms with Gasteiger partial charge in [-0.25, -0.2) is 0 Å². The van der Waals surface area contributed by atoms with Gasteiger partial charge in [0, 0.05) is 0 Å². The Bertz CT molecular complexity index is 206. The Labute approximate surface area is 132 Å². The van der Waals surface area contributed by atoms with Gasteiger partial charge in [-0.2, -0.15) is 0 Å². The average molecular weight is 518 g/mol. The van der Waals surface area contributed by atoms with E-state index in [1.165, 1.54) is 0 Å². The molecular weight excluding hydrogens is 515 g/mol. The van der Waals surface area contributed by atoms with E-state index in [0.717, 1.165) is 0 Å². The number of hydrogen-bond donors (Lipinski definition) is 3. The summed E-state index contributed by atoms with van der Waals surface area (Å²) in [7, 11) is -15.4. The van der Waals surface area contributed by atoms with Crippen molar-refractivity contribution in [1.29, 1.82) is 0 Å². The molecule has 12 nitrogen and oxygen atoms in total. The Morgan fingerprint density at radius 3 is 0.529 bits per heavy atom. The van der Waals surface area contributed by atoms with Crippen LogP contribution in [0.4, 0.5) is 0 Å². The maximum absolute atomic E-state index is 8.66. The van der Waals surface area contributed by atoms with Crippen molar-refractivity contribution < 1.29 is 57.7 Å². The molecule has 0 spiro atoms. The summed E-state index contributed by atoms with van der Waals surface area (Å²) in [6.07, 6.45) is 0. The van der Waals surface area contributed by atoms with Gasteiger partial charge in [-0.15, -0.1) is 0 Å². The van der Waals surface area contributed by atoms with Gasteiger partial charge >= 0.3 is 51.7 Å². The summed E-state index contributed by atoms with van der Waals surface area (Å²) in [4.78, 5) is 72.9. The van der Waals surface area contributed by atoms with Gasteiger partial charge in [0.15, 0.2) is 0 Å². The monoisotopic (exact) mass is 518 g/mol. The topological polar surface area (TPSA) is 250 Å². The van der Waals surface area contributed by atoms with E-state index in [9.17, 15) is 0 Å². The van der Waals surface area contributed by atoms with E-state index in [0.29, 0.717) is 0 Å². The van der Waals surface area contributed by atoms with Crippen LogP contribution in [0.25, 0.3) is 0 Å². The van der Waals surface area contributed by atoms with Crippen molar-refractivity contribution in [2.75, 3.05) is 0 Å². The molecule has 17 heteroatoms. The van der Waals surface area contributed by atoms with Crippen LogP contribution in [-0.4, -0.2) is 66.4 Å². The maximum Gasteiger partial charge on any atom is 3.00 e. The molecule has 0 aromatic rings. The molecule has 0 aromatic carbocycles. The van der Waals surface area contributed by atoms with E-state index in [4.69, 9.17) is 57.7 Å². The van der Waals surface area contributed by atoms with E-state index >= 15 is 0 Å². The molecule has 3 N–H and O–H groups in total. The first-order valence-electron chi connectivity index (χ1n) is 2.24. The fourth-order valence-corrected chi connectivity index (χ4v) is 0. The van der Waals surface area contributed by atoms with Crippen LogP contribution in [0, 0.1) is 0 Å². The molecule has 0 aliphatic carbocycles. The molecule has 0 amide bonds. The molecule has 0 heterocycles. The molecular formula is H3In2O12P3. The smallest absolute Gasteiger partial charge is 0.790 e. The standard InChI is InChI=1S/2In.3H3O4P/c;;3*1-5(2,3)4/h;;3*(H3,1,2,3,4)/q2*+3;;;/p-6. The van der Waals surface area contributed by atoms with E-state index in [2.05, 4.69) is 0 Å². The molecule has 0 atom stereocenters. The minimum atomic E-state index is -5.14. The average Bonchev–Trinajstić information content (AvgIpc) is 1.41. The van der Waals surface area contributed by atoms with Crippen molar-refractivity contribution in [3.63, 3.8) is 0 Å². The second-order valence-corrected chi connectivity index (χ2v) is 4.22. The zero-order chi connectivity index (χ0) is 13.5. The Kier molecular flexibility index (Phi) is 24.2. The van der Waals surface area contributed by atoms with Crippen LogP contribution in [0.1, 0.15) is 0 Å². The summed E-state index contributed by atoms with van der Waals surface area (Å²) < 4.78 is 26.0. The summed E-state index contributed by atoms with van der Waals surface area (Å²) in [5, 5.41) is 0. The van der Waals surface area contributed by atoms with Crippen LogP contribution in [0.2, 0.25) is 0 Å². The van der Waals surface area contributed by atoms with E-state index in [-0.39, 0.29) is 51.7 Å². The van der Waals surface area contributed by atoms with Crippen LogP contribution in [0.15, 0.2) is 0 Å². The molecule has 0 bridgehead atoms. The molecule has 0 rings (SSSR count). The van der Waals surface area contributed by atoms with Gasteiger partial charge < -0.3 is 57.7 Å². The van der Waals surface area contributed by atoms with E-state index in [1.807, 2.05) is 0 Å². The van der Waals surface area contributed by atoms with Crippen molar-refractivity contribution in [2.24, 2.45) is 0 Å². The van der Waals surface area contributed by atoms with Crippen molar-refractivity contribution >= 4 is 75.2 Å². The van der Waals surface area contributed by atoms with Crippen LogP contribution >= 0.6 is 23.5 Å². The fourth-order valence-electron chi connectivity index (χ4n) is 0. The van der Waals surface area contributed by atoms with Gasteiger partial charge in [0.1, 0.15) is 0 Å². The molecule has 0 saturated carbocycles. The minimum absolute atomic E-state index is 0. The van der Waals surface area contributed by atoms with Gasteiger partial charge in [-0.05, 0) is 0 Å².